The molecule has 1 aliphatic carbocycles. The van der Waals surface area contributed by atoms with Crippen LogP contribution in [0, 0.1) is 5.63 Å². The zero-order valence-corrected chi connectivity index (χ0v) is 11.1. The third kappa shape index (κ3) is 3.48. The number of carbonyl (C=O) groups excluding carboxylic acids is 1. The molecule has 2 N–H and O–H groups in total. The van der Waals surface area contributed by atoms with Gasteiger partial charge in [0.1, 0.15) is 0 Å². The zero-order chi connectivity index (χ0) is 13.7. The molecule has 1 unspecified atom stereocenters. The summed E-state index contributed by atoms with van der Waals surface area (Å²) in [5.74, 6) is -0.392. The van der Waals surface area contributed by atoms with Crippen LogP contribution in [0.1, 0.15) is 19.3 Å². The second kappa shape index (κ2) is 6.07. The third-order valence-corrected chi connectivity index (χ3v) is 3.29. The first kappa shape index (κ1) is 13.9. The van der Waals surface area contributed by atoms with Crippen molar-refractivity contribution in [2.75, 3.05) is 0 Å². The Morgan fingerprint density at radius 1 is 1.37 bits per heavy atom. The van der Waals surface area contributed by atoms with Crippen LogP contribution in [0.3, 0.4) is 0 Å². The third-order valence-electron chi connectivity index (χ3n) is 2.86. The monoisotopic (exact) mass is 279 g/mol. The van der Waals surface area contributed by atoms with E-state index in [0.29, 0.717) is 5.75 Å². The summed E-state index contributed by atoms with van der Waals surface area (Å²) in [6, 6.07) is 8.56. The van der Waals surface area contributed by atoms with Gasteiger partial charge in [-0.25, -0.2) is 0 Å². The minimum absolute atomic E-state index is 0.125. The Labute approximate surface area is 112 Å². The van der Waals surface area contributed by atoms with E-state index in [1.807, 2.05) is 0 Å². The average molecular weight is 279 g/mol. The van der Waals surface area contributed by atoms with E-state index in [-0.39, 0.29) is 6.10 Å². The van der Waals surface area contributed by atoms with Crippen molar-refractivity contribution in [3.63, 3.8) is 0 Å². The summed E-state index contributed by atoms with van der Waals surface area (Å²) in [5.41, 5.74) is 6.10. The van der Waals surface area contributed by atoms with Gasteiger partial charge in [-0.15, -0.1) is 0 Å². The van der Waals surface area contributed by atoms with Gasteiger partial charge in [0.05, 0.1) is 0 Å². The molecule has 0 aromatic heterocycles. The van der Waals surface area contributed by atoms with E-state index in [9.17, 15) is 9.36 Å². The van der Waals surface area contributed by atoms with Crippen molar-refractivity contribution < 1.29 is 18.8 Å². The van der Waals surface area contributed by atoms with Crippen LogP contribution in [0.25, 0.3) is 0 Å². The fourth-order valence-corrected chi connectivity index (χ4v) is 1.85. The van der Waals surface area contributed by atoms with Crippen molar-refractivity contribution in [2.45, 2.75) is 31.1 Å². The SMILES string of the molecule is NC(C#P=O)(Oc1ccccc1)C(=O)OC1CCC1. The fourth-order valence-electron chi connectivity index (χ4n) is 1.58. The van der Waals surface area contributed by atoms with Crippen LogP contribution >= 0.6 is 7.92 Å². The topological polar surface area (TPSA) is 78.6 Å². The molecule has 0 radical (unpaired) electrons. The van der Waals surface area contributed by atoms with E-state index < -0.39 is 19.6 Å². The maximum atomic E-state index is 12.0. The van der Waals surface area contributed by atoms with Gasteiger partial charge in [0, 0.05) is 0 Å². The van der Waals surface area contributed by atoms with Gasteiger partial charge in [0.25, 0.3) is 0 Å². The zero-order valence-electron chi connectivity index (χ0n) is 10.2. The molecule has 19 heavy (non-hydrogen) atoms. The van der Waals surface area contributed by atoms with Crippen molar-refractivity contribution in [3.05, 3.63) is 30.3 Å². The normalized spacial score (nSPS) is 17.5. The summed E-state index contributed by atoms with van der Waals surface area (Å²) >= 11 is 0. The number of nitrogens with two attached hydrogens (primary N) is 1. The summed E-state index contributed by atoms with van der Waals surface area (Å²) < 4.78 is 21.2. The van der Waals surface area contributed by atoms with Crippen molar-refractivity contribution in [1.82, 2.24) is 0 Å². The molecule has 1 fully saturated rings. The summed E-state index contributed by atoms with van der Waals surface area (Å²) in [6.45, 7) is 0. The van der Waals surface area contributed by atoms with Gasteiger partial charge >= 0.3 is 111 Å². The molecule has 0 spiro atoms. The van der Waals surface area contributed by atoms with E-state index in [2.05, 4.69) is 5.63 Å². The van der Waals surface area contributed by atoms with Gasteiger partial charge in [0.15, 0.2) is 0 Å². The van der Waals surface area contributed by atoms with Crippen LogP contribution in [0.15, 0.2) is 30.3 Å². The first-order valence-corrected chi connectivity index (χ1v) is 6.79. The summed E-state index contributed by atoms with van der Waals surface area (Å²) in [5, 5.41) is 0. The number of benzene rings is 1. The molecule has 0 bridgehead atoms. The molecule has 1 aromatic rings. The molecule has 1 saturated carbocycles. The van der Waals surface area contributed by atoms with Gasteiger partial charge in [-0.05, 0) is 0 Å². The van der Waals surface area contributed by atoms with E-state index in [0.717, 1.165) is 19.3 Å². The van der Waals surface area contributed by atoms with Crippen LogP contribution in [0.4, 0.5) is 0 Å². The van der Waals surface area contributed by atoms with Gasteiger partial charge in [-0.2, -0.15) is 0 Å². The molecule has 0 saturated heterocycles. The van der Waals surface area contributed by atoms with Gasteiger partial charge < -0.3 is 0 Å². The Morgan fingerprint density at radius 2 is 2.05 bits per heavy atom. The van der Waals surface area contributed by atoms with Crippen LogP contribution in [-0.4, -0.2) is 17.8 Å². The van der Waals surface area contributed by atoms with E-state index in [4.69, 9.17) is 15.2 Å². The summed E-state index contributed by atoms with van der Waals surface area (Å²) in [7, 11) is -0.512. The molecule has 0 heterocycles. The number of rotatable bonds is 4. The maximum absolute atomic E-state index is 12.0. The summed E-state index contributed by atoms with van der Waals surface area (Å²) in [6.07, 6.45) is 2.55. The molecule has 0 amide bonds. The van der Waals surface area contributed by atoms with Crippen molar-refractivity contribution >= 4 is 13.9 Å². The summed E-state index contributed by atoms with van der Waals surface area (Å²) in [4.78, 5) is 12.0. The second-order valence-corrected chi connectivity index (χ2v) is 4.72. The van der Waals surface area contributed by atoms with Crippen LogP contribution in [-0.2, 0) is 14.1 Å². The van der Waals surface area contributed by atoms with E-state index in [1.54, 1.807) is 30.3 Å². The molecule has 5 nitrogen and oxygen atoms in total. The molecule has 1 atom stereocenters. The Bertz CT molecular complexity index is 552. The molecule has 6 heteroatoms. The molecular weight excluding hydrogens is 265 g/mol. The number of hydrogen-bond donors (Lipinski definition) is 1. The number of carbonyl (C=O) groups is 1. The molecule has 1 aromatic carbocycles. The molecule has 1 aliphatic rings. The predicted octanol–water partition coefficient (Wildman–Crippen LogP) is 2.07. The Balaban J connectivity index is 2.13. The minimum atomic E-state index is -1.96. The van der Waals surface area contributed by atoms with Gasteiger partial charge in [-0.3, -0.25) is 0 Å². The molecule has 2 rings (SSSR count). The number of ether oxygens (including phenoxy) is 2. The van der Waals surface area contributed by atoms with Crippen molar-refractivity contribution in [3.8, 4) is 11.4 Å². The van der Waals surface area contributed by atoms with E-state index >= 15 is 0 Å². The standard InChI is InChI=1S/C13H14NO4P/c14-13(9-19-16,12(15)17-10-7-4-8-10)18-11-5-2-1-3-6-11/h1-3,5-6,10H,4,7-8,14H2. The Kier molecular flexibility index (Phi) is 4.43. The predicted molar refractivity (Wildman–Crippen MR) is 69.2 cm³/mol. The number of para-hydroxylation sites is 1. The first-order chi connectivity index (χ1) is 9.14. The number of esters is 1. The van der Waals surface area contributed by atoms with Crippen molar-refractivity contribution in [2.24, 2.45) is 5.73 Å². The molecular formula is C13H14NO4P. The number of hydrogen-bond acceptors (Lipinski definition) is 5. The molecule has 0 aliphatic heterocycles. The Morgan fingerprint density at radius 3 is 2.58 bits per heavy atom. The van der Waals surface area contributed by atoms with Gasteiger partial charge in [0.2, 0.25) is 0 Å². The quantitative estimate of drug-likeness (QED) is 0.518. The van der Waals surface area contributed by atoms with Gasteiger partial charge in [-0.1, -0.05) is 0 Å². The molecule has 100 valence electrons. The van der Waals surface area contributed by atoms with Crippen molar-refractivity contribution in [1.29, 1.82) is 0 Å². The van der Waals surface area contributed by atoms with E-state index in [1.165, 1.54) is 0 Å². The van der Waals surface area contributed by atoms with Crippen LogP contribution in [0.5, 0.6) is 5.75 Å². The fraction of sp³-hybridized carbons (Fsp3) is 0.385. The Hall–Kier alpha value is -1.54. The van der Waals surface area contributed by atoms with Crippen LogP contribution in [0.2, 0.25) is 0 Å². The first-order valence-electron chi connectivity index (χ1n) is 5.97. The van der Waals surface area contributed by atoms with Crippen LogP contribution < -0.4 is 10.5 Å². The average Bonchev–Trinajstić information content (AvgIpc) is 2.35. The second-order valence-electron chi connectivity index (χ2n) is 4.31.